The third-order valence-corrected chi connectivity index (χ3v) is 3.28. The molecule has 0 aliphatic carbocycles. The molecule has 0 radical (unpaired) electrons. The minimum absolute atomic E-state index is 0.104. The smallest absolute Gasteiger partial charge is 0.125 e. The predicted octanol–water partition coefficient (Wildman–Crippen LogP) is 3.91. The van der Waals surface area contributed by atoms with Gasteiger partial charge in [0.05, 0.1) is 6.04 Å². The highest BCUT2D eigenvalue weighted by molar-refractivity contribution is 9.10. The van der Waals surface area contributed by atoms with E-state index in [9.17, 15) is 0 Å². The second-order valence-corrected chi connectivity index (χ2v) is 4.85. The zero-order valence-electron chi connectivity index (χ0n) is 10.0. The topological polar surface area (TPSA) is 25.2 Å². The summed E-state index contributed by atoms with van der Waals surface area (Å²) in [4.78, 5) is 0. The Morgan fingerprint density at radius 3 is 2.71 bits per heavy atom. The maximum atomic E-state index is 5.80. The van der Waals surface area contributed by atoms with E-state index >= 15 is 0 Å². The summed E-state index contributed by atoms with van der Waals surface area (Å²) in [5, 5.41) is 3.28. The van der Waals surface area contributed by atoms with Gasteiger partial charge in [0.15, 0.2) is 0 Å². The van der Waals surface area contributed by atoms with Crippen LogP contribution in [0.3, 0.4) is 0 Å². The first-order chi connectivity index (χ1) is 8.24. The van der Waals surface area contributed by atoms with Crippen LogP contribution < -0.4 is 5.32 Å². The molecule has 90 valence electrons. The lowest BCUT2D eigenvalue weighted by molar-refractivity contribution is 0.434. The fourth-order valence-electron chi connectivity index (χ4n) is 1.90. The average molecular weight is 294 g/mol. The summed E-state index contributed by atoms with van der Waals surface area (Å²) in [6, 6.07) is 12.4. The molecule has 2 rings (SSSR count). The van der Waals surface area contributed by atoms with Gasteiger partial charge in [0.2, 0.25) is 0 Å². The Morgan fingerprint density at radius 2 is 2.12 bits per heavy atom. The second-order valence-electron chi connectivity index (χ2n) is 3.93. The number of benzene rings is 1. The van der Waals surface area contributed by atoms with Crippen LogP contribution in [0.25, 0.3) is 0 Å². The highest BCUT2D eigenvalue weighted by Gasteiger charge is 2.15. The first-order valence-electron chi connectivity index (χ1n) is 5.76. The fourth-order valence-corrected chi connectivity index (χ4v) is 2.32. The Hall–Kier alpha value is -1.06. The molecule has 1 heterocycles. The van der Waals surface area contributed by atoms with E-state index in [0.717, 1.165) is 22.4 Å². The highest BCUT2D eigenvalue weighted by Crippen LogP contribution is 2.25. The number of hydrogen-bond acceptors (Lipinski definition) is 2. The van der Waals surface area contributed by atoms with E-state index in [0.29, 0.717) is 0 Å². The van der Waals surface area contributed by atoms with Crippen LogP contribution in [0, 0.1) is 0 Å². The minimum atomic E-state index is 0.104. The van der Waals surface area contributed by atoms with E-state index in [4.69, 9.17) is 4.42 Å². The van der Waals surface area contributed by atoms with Crippen molar-refractivity contribution in [3.63, 3.8) is 0 Å². The summed E-state index contributed by atoms with van der Waals surface area (Å²) < 4.78 is 6.88. The van der Waals surface area contributed by atoms with Crippen molar-refractivity contribution < 1.29 is 4.42 Å². The van der Waals surface area contributed by atoms with Gasteiger partial charge in [0.1, 0.15) is 11.5 Å². The van der Waals surface area contributed by atoms with Crippen LogP contribution in [0.2, 0.25) is 0 Å². The molecular weight excluding hydrogens is 278 g/mol. The van der Waals surface area contributed by atoms with Gasteiger partial charge in [-0.25, -0.2) is 0 Å². The summed E-state index contributed by atoms with van der Waals surface area (Å²) in [5.74, 6) is 1.98. The van der Waals surface area contributed by atoms with Crippen LogP contribution >= 0.6 is 15.9 Å². The molecule has 0 amide bonds. The standard InChI is InChI=1S/C14H16BrNO/c1-3-12-7-8-13(17-12)14(16-2)10-5-4-6-11(15)9-10/h4-9,14,16H,3H2,1-2H3. The lowest BCUT2D eigenvalue weighted by Crippen LogP contribution is -2.16. The van der Waals surface area contributed by atoms with Crippen molar-refractivity contribution in [1.82, 2.24) is 5.32 Å². The summed E-state index contributed by atoms with van der Waals surface area (Å²) in [6.45, 7) is 2.09. The molecule has 1 atom stereocenters. The van der Waals surface area contributed by atoms with Gasteiger partial charge in [-0.15, -0.1) is 0 Å². The Labute approximate surface area is 110 Å². The quantitative estimate of drug-likeness (QED) is 0.924. The zero-order valence-corrected chi connectivity index (χ0v) is 11.6. The Balaban J connectivity index is 2.33. The summed E-state index contributed by atoms with van der Waals surface area (Å²) in [7, 11) is 1.94. The molecule has 1 unspecified atom stereocenters. The van der Waals surface area contributed by atoms with Crippen LogP contribution in [-0.4, -0.2) is 7.05 Å². The van der Waals surface area contributed by atoms with E-state index in [-0.39, 0.29) is 6.04 Å². The van der Waals surface area contributed by atoms with Crippen molar-refractivity contribution in [2.24, 2.45) is 0 Å². The molecule has 0 aliphatic rings. The van der Waals surface area contributed by atoms with Crippen molar-refractivity contribution in [1.29, 1.82) is 0 Å². The molecule has 0 bridgehead atoms. The number of furan rings is 1. The molecular formula is C14H16BrNO. The van der Waals surface area contributed by atoms with Gasteiger partial charge in [-0.1, -0.05) is 35.0 Å². The molecule has 1 N–H and O–H groups in total. The average Bonchev–Trinajstić information content (AvgIpc) is 2.79. The lowest BCUT2D eigenvalue weighted by atomic mass is 10.1. The van der Waals surface area contributed by atoms with Crippen molar-refractivity contribution >= 4 is 15.9 Å². The molecule has 2 nitrogen and oxygen atoms in total. The molecule has 0 spiro atoms. The van der Waals surface area contributed by atoms with E-state index in [1.54, 1.807) is 0 Å². The minimum Gasteiger partial charge on any atom is -0.464 e. The lowest BCUT2D eigenvalue weighted by Gasteiger charge is -2.14. The Kier molecular flexibility index (Phi) is 4.02. The molecule has 2 aromatic rings. The molecule has 0 saturated carbocycles. The van der Waals surface area contributed by atoms with Gasteiger partial charge >= 0.3 is 0 Å². The maximum Gasteiger partial charge on any atom is 0.125 e. The largest absolute Gasteiger partial charge is 0.464 e. The SMILES string of the molecule is CCc1ccc(C(NC)c2cccc(Br)c2)o1. The highest BCUT2D eigenvalue weighted by atomic mass is 79.9. The number of rotatable bonds is 4. The van der Waals surface area contributed by atoms with E-state index in [1.807, 2.05) is 31.3 Å². The van der Waals surface area contributed by atoms with E-state index < -0.39 is 0 Å². The zero-order chi connectivity index (χ0) is 12.3. The van der Waals surface area contributed by atoms with E-state index in [2.05, 4.69) is 40.3 Å². The Morgan fingerprint density at radius 1 is 1.29 bits per heavy atom. The van der Waals surface area contributed by atoms with Gasteiger partial charge in [-0.3, -0.25) is 0 Å². The van der Waals surface area contributed by atoms with Crippen LogP contribution in [-0.2, 0) is 6.42 Å². The maximum absolute atomic E-state index is 5.80. The molecule has 0 fully saturated rings. The van der Waals surface area contributed by atoms with Crippen molar-refractivity contribution in [3.05, 3.63) is 58.0 Å². The predicted molar refractivity (Wildman–Crippen MR) is 73.1 cm³/mol. The van der Waals surface area contributed by atoms with Crippen LogP contribution in [0.4, 0.5) is 0 Å². The normalized spacial score (nSPS) is 12.6. The molecule has 3 heteroatoms. The molecule has 0 aliphatic heterocycles. The second kappa shape index (κ2) is 5.52. The number of aryl methyl sites for hydroxylation is 1. The van der Waals surface area contributed by atoms with Gasteiger partial charge in [-0.2, -0.15) is 0 Å². The molecule has 1 aromatic carbocycles. The number of hydrogen-bond donors (Lipinski definition) is 1. The van der Waals surface area contributed by atoms with Crippen LogP contribution in [0.5, 0.6) is 0 Å². The summed E-state index contributed by atoms with van der Waals surface area (Å²) in [5.41, 5.74) is 1.19. The molecule has 0 saturated heterocycles. The van der Waals surface area contributed by atoms with Crippen molar-refractivity contribution in [2.75, 3.05) is 7.05 Å². The van der Waals surface area contributed by atoms with Crippen molar-refractivity contribution in [3.8, 4) is 0 Å². The first-order valence-corrected chi connectivity index (χ1v) is 6.55. The third-order valence-electron chi connectivity index (χ3n) is 2.79. The van der Waals surface area contributed by atoms with Gasteiger partial charge < -0.3 is 9.73 Å². The van der Waals surface area contributed by atoms with Gasteiger partial charge in [0.25, 0.3) is 0 Å². The van der Waals surface area contributed by atoms with Gasteiger partial charge in [0, 0.05) is 10.9 Å². The Bertz CT molecular complexity index is 492. The summed E-state index contributed by atoms with van der Waals surface area (Å²) in [6.07, 6.45) is 0.926. The summed E-state index contributed by atoms with van der Waals surface area (Å²) >= 11 is 3.49. The fraction of sp³-hybridized carbons (Fsp3) is 0.286. The number of halogens is 1. The first kappa shape index (κ1) is 12.4. The molecule has 17 heavy (non-hydrogen) atoms. The molecule has 1 aromatic heterocycles. The van der Waals surface area contributed by atoms with Gasteiger partial charge in [-0.05, 0) is 36.9 Å². The third kappa shape index (κ3) is 2.79. The number of nitrogens with one attached hydrogen (secondary N) is 1. The van der Waals surface area contributed by atoms with Crippen LogP contribution in [0.15, 0.2) is 45.3 Å². The van der Waals surface area contributed by atoms with Crippen LogP contribution in [0.1, 0.15) is 30.0 Å². The van der Waals surface area contributed by atoms with Crippen molar-refractivity contribution in [2.45, 2.75) is 19.4 Å². The van der Waals surface area contributed by atoms with E-state index in [1.165, 1.54) is 5.56 Å². The monoisotopic (exact) mass is 293 g/mol.